The molecule has 0 aliphatic heterocycles. The quantitative estimate of drug-likeness (QED) is 0.560. The molecule has 0 aliphatic carbocycles. The number of hydrogen-bond acceptors (Lipinski definition) is 5. The highest BCUT2D eigenvalue weighted by atomic mass is 16.5. The summed E-state index contributed by atoms with van der Waals surface area (Å²) in [5.41, 5.74) is 3.39. The van der Waals surface area contributed by atoms with Crippen LogP contribution in [0.5, 0.6) is 0 Å². The van der Waals surface area contributed by atoms with E-state index in [1.54, 1.807) is 67.6 Å². The van der Waals surface area contributed by atoms with Gasteiger partial charge in [0.15, 0.2) is 0 Å². The van der Waals surface area contributed by atoms with Crippen molar-refractivity contribution in [1.82, 2.24) is 0 Å². The summed E-state index contributed by atoms with van der Waals surface area (Å²) < 4.78 is 10.3. The normalized spacial score (nSPS) is 10.3. The number of nitrogens with one attached hydrogen (secondary N) is 1. The molecule has 0 aliphatic rings. The van der Waals surface area contributed by atoms with Crippen LogP contribution >= 0.6 is 0 Å². The van der Waals surface area contributed by atoms with Gasteiger partial charge in [0.2, 0.25) is 0 Å². The van der Waals surface area contributed by atoms with E-state index in [-0.39, 0.29) is 19.1 Å². The Labute approximate surface area is 180 Å². The van der Waals surface area contributed by atoms with Crippen molar-refractivity contribution >= 4 is 23.5 Å². The number of benzene rings is 3. The molecule has 0 saturated heterocycles. The molecule has 3 rings (SSSR count). The topological polar surface area (TPSA) is 81.7 Å². The molecule has 0 heterocycles. The monoisotopic (exact) mass is 417 g/mol. The molecule has 0 spiro atoms. The van der Waals surface area contributed by atoms with Crippen molar-refractivity contribution in [3.63, 3.8) is 0 Å². The molecule has 0 radical (unpaired) electrons. The average molecular weight is 417 g/mol. The molecule has 1 N–H and O–H groups in total. The SMILES string of the molecule is CCOC(=O)c1cccc(COC(=O)c2cccc(NC(=O)c3cccc(C)c3)c2)c1. The van der Waals surface area contributed by atoms with Gasteiger partial charge >= 0.3 is 11.9 Å². The lowest BCUT2D eigenvalue weighted by Gasteiger charge is -2.09. The molecule has 0 atom stereocenters. The van der Waals surface area contributed by atoms with Crippen LogP contribution in [0.4, 0.5) is 5.69 Å². The number of amides is 1. The number of carbonyl (C=O) groups is 3. The van der Waals surface area contributed by atoms with Crippen molar-refractivity contribution in [2.45, 2.75) is 20.5 Å². The summed E-state index contributed by atoms with van der Waals surface area (Å²) >= 11 is 0. The summed E-state index contributed by atoms with van der Waals surface area (Å²) in [7, 11) is 0. The summed E-state index contributed by atoms with van der Waals surface area (Å²) in [4.78, 5) is 36.7. The molecular weight excluding hydrogens is 394 g/mol. The lowest BCUT2D eigenvalue weighted by atomic mass is 10.1. The number of esters is 2. The lowest BCUT2D eigenvalue weighted by molar-refractivity contribution is 0.0472. The number of hydrogen-bond donors (Lipinski definition) is 1. The van der Waals surface area contributed by atoms with Crippen molar-refractivity contribution in [2.24, 2.45) is 0 Å². The predicted molar refractivity (Wildman–Crippen MR) is 117 cm³/mol. The number of rotatable bonds is 7. The van der Waals surface area contributed by atoms with E-state index < -0.39 is 11.9 Å². The Kier molecular flexibility index (Phi) is 7.17. The molecule has 3 aromatic rings. The van der Waals surface area contributed by atoms with E-state index in [4.69, 9.17) is 9.47 Å². The van der Waals surface area contributed by atoms with E-state index in [1.807, 2.05) is 19.1 Å². The van der Waals surface area contributed by atoms with Crippen molar-refractivity contribution in [3.8, 4) is 0 Å². The van der Waals surface area contributed by atoms with Gasteiger partial charge in [-0.15, -0.1) is 0 Å². The van der Waals surface area contributed by atoms with E-state index in [9.17, 15) is 14.4 Å². The van der Waals surface area contributed by atoms with Crippen LogP contribution in [0.3, 0.4) is 0 Å². The predicted octanol–water partition coefficient (Wildman–Crippen LogP) is 4.78. The summed E-state index contributed by atoms with van der Waals surface area (Å²) in [5, 5.41) is 2.79. The Morgan fingerprint density at radius 2 is 1.42 bits per heavy atom. The third kappa shape index (κ3) is 6.02. The molecule has 0 fully saturated rings. The van der Waals surface area contributed by atoms with Crippen LogP contribution in [0.15, 0.2) is 72.8 Å². The highest BCUT2D eigenvalue weighted by Crippen LogP contribution is 2.15. The fourth-order valence-electron chi connectivity index (χ4n) is 2.95. The highest BCUT2D eigenvalue weighted by Gasteiger charge is 2.12. The molecule has 6 heteroatoms. The Morgan fingerprint density at radius 3 is 2.16 bits per heavy atom. The van der Waals surface area contributed by atoms with Crippen LogP contribution in [0.1, 0.15) is 49.1 Å². The van der Waals surface area contributed by atoms with Gasteiger partial charge in [0.1, 0.15) is 6.61 Å². The van der Waals surface area contributed by atoms with Crippen molar-refractivity contribution in [1.29, 1.82) is 0 Å². The molecule has 0 bridgehead atoms. The van der Waals surface area contributed by atoms with Gasteiger partial charge < -0.3 is 14.8 Å². The molecule has 3 aromatic carbocycles. The number of aryl methyl sites for hydroxylation is 1. The zero-order valence-corrected chi connectivity index (χ0v) is 17.4. The first kappa shape index (κ1) is 21.8. The van der Waals surface area contributed by atoms with Gasteiger partial charge in [-0.2, -0.15) is 0 Å². The molecule has 0 saturated carbocycles. The van der Waals surface area contributed by atoms with Gasteiger partial charge in [-0.05, 0) is 61.9 Å². The minimum atomic E-state index is -0.534. The molecule has 1 amide bonds. The summed E-state index contributed by atoms with van der Waals surface area (Å²) in [6.45, 7) is 3.94. The second-order valence-electron chi connectivity index (χ2n) is 6.90. The minimum Gasteiger partial charge on any atom is -0.462 e. The summed E-state index contributed by atoms with van der Waals surface area (Å²) in [6.07, 6.45) is 0. The summed E-state index contributed by atoms with van der Waals surface area (Å²) in [5.74, 6) is -1.22. The van der Waals surface area contributed by atoms with Gasteiger partial charge in [0, 0.05) is 11.3 Å². The second kappa shape index (κ2) is 10.2. The minimum absolute atomic E-state index is 0.00591. The Bertz CT molecular complexity index is 1110. The van der Waals surface area contributed by atoms with Crippen LogP contribution in [-0.4, -0.2) is 24.5 Å². The fourth-order valence-corrected chi connectivity index (χ4v) is 2.95. The maximum absolute atomic E-state index is 12.5. The Hall–Kier alpha value is -3.93. The maximum Gasteiger partial charge on any atom is 0.338 e. The van der Waals surface area contributed by atoms with Crippen molar-refractivity contribution < 1.29 is 23.9 Å². The molecule has 158 valence electrons. The van der Waals surface area contributed by atoms with E-state index in [0.717, 1.165) is 5.56 Å². The van der Waals surface area contributed by atoms with Gasteiger partial charge in [-0.25, -0.2) is 9.59 Å². The first-order chi connectivity index (χ1) is 15.0. The maximum atomic E-state index is 12.5. The second-order valence-corrected chi connectivity index (χ2v) is 6.90. The van der Waals surface area contributed by atoms with Gasteiger partial charge in [0.05, 0.1) is 17.7 Å². The van der Waals surface area contributed by atoms with E-state index in [0.29, 0.717) is 27.9 Å². The van der Waals surface area contributed by atoms with Crippen molar-refractivity contribution in [2.75, 3.05) is 11.9 Å². The number of carbonyl (C=O) groups excluding carboxylic acids is 3. The fraction of sp³-hybridized carbons (Fsp3) is 0.160. The first-order valence-electron chi connectivity index (χ1n) is 9.87. The van der Waals surface area contributed by atoms with Crippen LogP contribution in [0.2, 0.25) is 0 Å². The number of ether oxygens (including phenoxy) is 2. The van der Waals surface area contributed by atoms with Gasteiger partial charge in [-0.1, -0.05) is 35.9 Å². The largest absolute Gasteiger partial charge is 0.462 e. The third-order valence-electron chi connectivity index (χ3n) is 4.44. The molecule has 0 unspecified atom stereocenters. The van der Waals surface area contributed by atoms with Crippen LogP contribution in [0.25, 0.3) is 0 Å². The van der Waals surface area contributed by atoms with E-state index in [1.165, 1.54) is 0 Å². The standard InChI is InChI=1S/C25H23NO5/c1-3-30-24(28)20-10-5-8-18(14-20)16-31-25(29)21-11-6-12-22(15-21)26-23(27)19-9-4-7-17(2)13-19/h4-15H,3,16H2,1-2H3,(H,26,27). The number of anilines is 1. The van der Waals surface area contributed by atoms with E-state index in [2.05, 4.69) is 5.32 Å². The summed E-state index contributed by atoms with van der Waals surface area (Å²) in [6, 6.07) is 20.5. The van der Waals surface area contributed by atoms with Gasteiger partial charge in [0.25, 0.3) is 5.91 Å². The first-order valence-corrected chi connectivity index (χ1v) is 9.87. The Balaban J connectivity index is 1.63. The van der Waals surface area contributed by atoms with Crippen LogP contribution < -0.4 is 5.32 Å². The van der Waals surface area contributed by atoms with Gasteiger partial charge in [-0.3, -0.25) is 4.79 Å². The molecule has 0 aromatic heterocycles. The Morgan fingerprint density at radius 1 is 0.774 bits per heavy atom. The molecular formula is C25H23NO5. The lowest BCUT2D eigenvalue weighted by Crippen LogP contribution is -2.13. The molecule has 6 nitrogen and oxygen atoms in total. The van der Waals surface area contributed by atoms with Crippen LogP contribution in [0, 0.1) is 6.92 Å². The zero-order valence-electron chi connectivity index (χ0n) is 17.4. The third-order valence-corrected chi connectivity index (χ3v) is 4.44. The highest BCUT2D eigenvalue weighted by molar-refractivity contribution is 6.05. The van der Waals surface area contributed by atoms with E-state index >= 15 is 0 Å². The van der Waals surface area contributed by atoms with Crippen LogP contribution in [-0.2, 0) is 16.1 Å². The average Bonchev–Trinajstić information content (AvgIpc) is 2.78. The van der Waals surface area contributed by atoms with Crippen molar-refractivity contribution in [3.05, 3.63) is 101 Å². The zero-order chi connectivity index (χ0) is 22.2. The smallest absolute Gasteiger partial charge is 0.338 e. The molecule has 31 heavy (non-hydrogen) atoms.